The van der Waals surface area contributed by atoms with Gasteiger partial charge in [-0.25, -0.2) is 4.57 Å². The van der Waals surface area contributed by atoms with Crippen LogP contribution >= 0.6 is 7.82 Å². The van der Waals surface area contributed by atoms with Gasteiger partial charge in [0, 0.05) is 62.9 Å². The van der Waals surface area contributed by atoms with E-state index in [0.717, 1.165) is 0 Å². The highest BCUT2D eigenvalue weighted by atomic mass is 32.2. The fourth-order valence-corrected chi connectivity index (χ4v) is 8.59. The van der Waals surface area contributed by atoms with E-state index in [9.17, 15) is 150 Å². The van der Waals surface area contributed by atoms with Crippen LogP contribution in [0.3, 0.4) is 0 Å². The van der Waals surface area contributed by atoms with Crippen molar-refractivity contribution in [2.24, 2.45) is 5.41 Å². The Labute approximate surface area is 326 Å². The van der Waals surface area contributed by atoms with Crippen LogP contribution in [-0.4, -0.2) is 133 Å². The van der Waals surface area contributed by atoms with Crippen LogP contribution in [0.25, 0.3) is 0 Å². The fourth-order valence-electron chi connectivity index (χ4n) is 4.35. The average Bonchev–Trinajstić information content (AvgIpc) is 3.06. The molecule has 1 N–H and O–H groups in total. The van der Waals surface area contributed by atoms with Gasteiger partial charge in [-0.1, -0.05) is 0 Å². The Morgan fingerprint density at radius 2 is 0.613 bits per heavy atom. The molecule has 0 aromatic carbocycles. The monoisotopic (exact) mass is 1050 g/mol. The number of hydrogen-bond donors (Lipinski definition) is 1. The summed E-state index contributed by atoms with van der Waals surface area (Å²) in [7, 11) is -12.6. The standard InChI is InChI=1S/C23H17F30O6PS2/c24-10(25,12(28,29)14(32,33)16(36,37)17(38,39)19(42,43)21(46,47)23(51,52)53)1-3-61(56)7-9(5-58-60(54,55)59-6-9)8-62(57)4-2-11(26,27)13(30,31)15(34,35)18(40,41)20(44,45)22(48,49)50/h1-8H2,(H,54,55). The molecule has 2 unspecified atom stereocenters. The van der Waals surface area contributed by atoms with E-state index in [0.29, 0.717) is 0 Å². The third-order valence-electron chi connectivity index (χ3n) is 8.08. The van der Waals surface area contributed by atoms with E-state index in [1.54, 1.807) is 0 Å². The van der Waals surface area contributed by atoms with Crippen LogP contribution in [0.2, 0.25) is 0 Å². The Hall–Kier alpha value is -1.69. The third kappa shape index (κ3) is 9.46. The lowest BCUT2D eigenvalue weighted by Crippen LogP contribution is -2.74. The first-order chi connectivity index (χ1) is 26.6. The van der Waals surface area contributed by atoms with Gasteiger partial charge in [0.2, 0.25) is 0 Å². The molecule has 0 amide bonds. The second kappa shape index (κ2) is 16.6. The summed E-state index contributed by atoms with van der Waals surface area (Å²) < 4.78 is 448. The SMILES string of the molecule is O=S(CCC(F)(F)C(F)(F)C(F)(F)C(F)(F)C(F)(F)C(F)(F)F)CC1(CS(=O)CCC(F)(F)C(F)(F)C(F)(F)C(F)(F)C(F)(F)C(F)(F)C(F)(F)C(F)(F)F)COP(=O)(O)OC1. The molecule has 39 heteroatoms. The minimum atomic E-state index is -9.01. The second-order valence-electron chi connectivity index (χ2n) is 12.7. The molecule has 1 saturated heterocycles. The van der Waals surface area contributed by atoms with Crippen molar-refractivity contribution in [3.63, 3.8) is 0 Å². The van der Waals surface area contributed by atoms with Crippen LogP contribution in [0.1, 0.15) is 12.8 Å². The summed E-state index contributed by atoms with van der Waals surface area (Å²) in [6.45, 7) is -3.41. The van der Waals surface area contributed by atoms with Gasteiger partial charge in [-0.15, -0.1) is 0 Å². The molecule has 0 radical (unpaired) electrons. The van der Waals surface area contributed by atoms with E-state index >= 15 is 0 Å². The Morgan fingerprint density at radius 1 is 0.403 bits per heavy atom. The maximum Gasteiger partial charge on any atom is 0.472 e. The van der Waals surface area contributed by atoms with Crippen molar-refractivity contribution in [3.8, 4) is 0 Å². The molecule has 1 fully saturated rings. The van der Waals surface area contributed by atoms with Crippen molar-refractivity contribution in [1.29, 1.82) is 0 Å². The lowest BCUT2D eigenvalue weighted by Gasteiger charge is -2.42. The largest absolute Gasteiger partial charge is 0.472 e. The quantitative estimate of drug-likeness (QED) is 0.0966. The molecule has 1 aliphatic heterocycles. The van der Waals surface area contributed by atoms with Gasteiger partial charge in [0.1, 0.15) is 0 Å². The second-order valence-corrected chi connectivity index (χ2v) is 17.3. The molecule has 62 heavy (non-hydrogen) atoms. The zero-order valence-corrected chi connectivity index (χ0v) is 30.8. The van der Waals surface area contributed by atoms with E-state index in [-0.39, 0.29) is 0 Å². The molecule has 0 aliphatic carbocycles. The lowest BCUT2D eigenvalue weighted by atomic mass is 9.88. The van der Waals surface area contributed by atoms with Crippen molar-refractivity contribution in [2.75, 3.05) is 36.2 Å². The summed E-state index contributed by atoms with van der Waals surface area (Å²) in [6.07, 6.45) is -22.4. The van der Waals surface area contributed by atoms with Crippen molar-refractivity contribution in [2.45, 2.75) is 96.3 Å². The van der Waals surface area contributed by atoms with E-state index in [4.69, 9.17) is 0 Å². The van der Waals surface area contributed by atoms with Gasteiger partial charge in [0.05, 0.1) is 13.2 Å². The van der Waals surface area contributed by atoms with Crippen molar-refractivity contribution in [3.05, 3.63) is 0 Å². The number of hydrogen-bond acceptors (Lipinski definition) is 5. The predicted molar refractivity (Wildman–Crippen MR) is 141 cm³/mol. The molecule has 0 aromatic rings. The van der Waals surface area contributed by atoms with Crippen LogP contribution in [0, 0.1) is 5.41 Å². The summed E-state index contributed by atoms with van der Waals surface area (Å²) in [5.41, 5.74) is -2.87. The average molecular weight is 1050 g/mol. The Balaban J connectivity index is 3.41. The van der Waals surface area contributed by atoms with Gasteiger partial charge < -0.3 is 4.89 Å². The normalized spacial score (nSPS) is 23.1. The molecule has 0 saturated carbocycles. The molecular weight excluding hydrogens is 1040 g/mol. The molecule has 1 aliphatic rings. The van der Waals surface area contributed by atoms with E-state index in [1.165, 1.54) is 0 Å². The van der Waals surface area contributed by atoms with Gasteiger partial charge in [-0.3, -0.25) is 17.5 Å². The van der Waals surface area contributed by atoms with Gasteiger partial charge in [-0.05, 0) is 0 Å². The highest BCUT2D eigenvalue weighted by Crippen LogP contribution is 2.65. The number of rotatable bonds is 20. The summed E-state index contributed by atoms with van der Waals surface area (Å²) >= 11 is 0. The maximum absolute atomic E-state index is 14.3. The van der Waals surface area contributed by atoms with Crippen molar-refractivity contribution in [1.82, 2.24) is 0 Å². The van der Waals surface area contributed by atoms with E-state index in [1.807, 2.05) is 0 Å². The van der Waals surface area contributed by atoms with Crippen LogP contribution in [0.15, 0.2) is 0 Å². The van der Waals surface area contributed by atoms with Crippen LogP contribution < -0.4 is 0 Å². The smallest absolute Gasteiger partial charge is 0.302 e. The molecule has 6 nitrogen and oxygen atoms in total. The topological polar surface area (TPSA) is 89.9 Å². The lowest BCUT2D eigenvalue weighted by molar-refractivity contribution is -0.461. The van der Waals surface area contributed by atoms with Crippen molar-refractivity contribution < 1.29 is 159 Å². The molecule has 1 heterocycles. The number of alkyl halides is 30. The van der Waals surface area contributed by atoms with Crippen LogP contribution in [-0.2, 0) is 35.2 Å². The molecule has 0 aromatic heterocycles. The number of halogens is 30. The zero-order chi connectivity index (χ0) is 50.2. The summed E-state index contributed by atoms with van der Waals surface area (Å²) in [4.78, 5) is 9.27. The minimum absolute atomic E-state index is 1.70. The van der Waals surface area contributed by atoms with Crippen molar-refractivity contribution >= 4 is 29.4 Å². The number of phosphoric ester groups is 1. The number of phosphoric acid groups is 1. The zero-order valence-electron chi connectivity index (χ0n) is 28.2. The molecular formula is C23H17F30O6PS2. The first-order valence-corrected chi connectivity index (χ1v) is 19.1. The third-order valence-corrected chi connectivity index (χ3v) is 12.2. The fraction of sp³-hybridized carbons (Fsp3) is 1.00. The summed E-state index contributed by atoms with van der Waals surface area (Å²) in [5, 5.41) is 0. The highest BCUT2D eigenvalue weighted by molar-refractivity contribution is 7.86. The van der Waals surface area contributed by atoms with Crippen LogP contribution in [0.5, 0.6) is 0 Å². The van der Waals surface area contributed by atoms with E-state index in [2.05, 4.69) is 9.05 Å². The van der Waals surface area contributed by atoms with Gasteiger partial charge in [0.15, 0.2) is 0 Å². The first kappa shape index (κ1) is 58.3. The van der Waals surface area contributed by atoms with Gasteiger partial charge in [0.25, 0.3) is 0 Å². The Kier molecular flexibility index (Phi) is 15.6. The predicted octanol–water partition coefficient (Wildman–Crippen LogP) is 10.1. The maximum atomic E-state index is 14.3. The molecule has 372 valence electrons. The first-order valence-electron chi connectivity index (χ1n) is 14.6. The van der Waals surface area contributed by atoms with Gasteiger partial charge >= 0.3 is 91.2 Å². The summed E-state index contributed by atoms with van der Waals surface area (Å²) in [5.74, 6) is -108. The molecule has 0 bridgehead atoms. The van der Waals surface area contributed by atoms with E-state index < -0.39 is 167 Å². The molecule has 1 rings (SSSR count). The van der Waals surface area contributed by atoms with Gasteiger partial charge in [-0.2, -0.15) is 132 Å². The Morgan fingerprint density at radius 3 is 0.839 bits per heavy atom. The Bertz CT molecular complexity index is 1700. The molecule has 2 atom stereocenters. The van der Waals surface area contributed by atoms with Crippen LogP contribution in [0.4, 0.5) is 132 Å². The minimum Gasteiger partial charge on any atom is -0.302 e. The molecule has 0 spiro atoms. The highest BCUT2D eigenvalue weighted by Gasteiger charge is 2.95. The summed E-state index contributed by atoms with van der Waals surface area (Å²) in [6, 6.07) is 0.